The highest BCUT2D eigenvalue weighted by molar-refractivity contribution is 5.82. The van der Waals surface area contributed by atoms with Gasteiger partial charge in [0.05, 0.1) is 42.8 Å². The average Bonchev–Trinajstić information content (AvgIpc) is 2.87. The molecular weight excluding hydrogens is 446 g/mol. The fourth-order valence-corrected chi connectivity index (χ4v) is 4.24. The highest BCUT2D eigenvalue weighted by atomic mass is 16.5. The van der Waals surface area contributed by atoms with Crippen molar-refractivity contribution in [1.82, 2.24) is 14.5 Å². The van der Waals surface area contributed by atoms with Gasteiger partial charge in [-0.3, -0.25) is 19.0 Å². The van der Waals surface area contributed by atoms with Gasteiger partial charge in [-0.15, -0.1) is 0 Å². The molecule has 0 bridgehead atoms. The Morgan fingerprint density at radius 1 is 1.03 bits per heavy atom. The lowest BCUT2D eigenvalue weighted by molar-refractivity contribution is -0.146. The Hall–Kier alpha value is -3.68. The number of carbonyl (C=O) groups excluding carboxylic acids is 2. The Labute approximate surface area is 205 Å². The number of carbonyl (C=O) groups is 2. The molecule has 0 radical (unpaired) electrons. The van der Waals surface area contributed by atoms with E-state index in [9.17, 15) is 14.4 Å². The molecule has 186 valence electrons. The number of fused-ring (bicyclic) bond motifs is 1. The zero-order chi connectivity index (χ0) is 25.4. The largest absolute Gasteiger partial charge is 0.495 e. The van der Waals surface area contributed by atoms with Gasteiger partial charge in [0.2, 0.25) is 5.91 Å². The summed E-state index contributed by atoms with van der Waals surface area (Å²) < 4.78 is 12.1. The van der Waals surface area contributed by atoms with Crippen molar-refractivity contribution in [2.45, 2.75) is 52.5 Å². The van der Waals surface area contributed by atoms with Gasteiger partial charge >= 0.3 is 5.97 Å². The number of benzene rings is 2. The van der Waals surface area contributed by atoms with E-state index < -0.39 is 12.0 Å². The lowest BCUT2D eigenvalue weighted by Crippen LogP contribution is -2.39. The second-order valence-corrected chi connectivity index (χ2v) is 8.12. The predicted molar refractivity (Wildman–Crippen MR) is 135 cm³/mol. The topological polar surface area (TPSA) is 90.7 Å². The van der Waals surface area contributed by atoms with Crippen molar-refractivity contribution < 1.29 is 19.1 Å². The standard InChI is InChI=1S/C27H33N3O5/c1-5-18-29(24(31)16-17-25(32)35-7-3)21(6-2)26-28-20-13-9-8-12-19(20)27(33)30(26)22-14-10-11-15-23(22)34-4/h8-15,21H,5-7,16-18H2,1-4H3. The van der Waals surface area contributed by atoms with Crippen molar-refractivity contribution in [2.24, 2.45) is 0 Å². The predicted octanol–water partition coefficient (Wildman–Crippen LogP) is 4.43. The first-order chi connectivity index (χ1) is 17.0. The van der Waals surface area contributed by atoms with Crippen LogP contribution in [-0.4, -0.2) is 46.6 Å². The fourth-order valence-electron chi connectivity index (χ4n) is 4.24. The van der Waals surface area contributed by atoms with Crippen molar-refractivity contribution in [1.29, 1.82) is 0 Å². The summed E-state index contributed by atoms with van der Waals surface area (Å²) in [5, 5.41) is 0.479. The van der Waals surface area contributed by atoms with Crippen LogP contribution in [0.2, 0.25) is 0 Å². The molecule has 0 saturated heterocycles. The quantitative estimate of drug-likeness (QED) is 0.378. The molecule has 0 aliphatic heterocycles. The van der Waals surface area contributed by atoms with E-state index in [4.69, 9.17) is 14.5 Å². The van der Waals surface area contributed by atoms with Gasteiger partial charge in [0.25, 0.3) is 5.56 Å². The van der Waals surface area contributed by atoms with Crippen molar-refractivity contribution in [3.8, 4) is 11.4 Å². The molecule has 0 fully saturated rings. The zero-order valence-corrected chi connectivity index (χ0v) is 20.8. The minimum Gasteiger partial charge on any atom is -0.495 e. The molecule has 0 saturated carbocycles. The van der Waals surface area contributed by atoms with Gasteiger partial charge in [-0.25, -0.2) is 4.98 Å². The molecule has 1 amide bonds. The summed E-state index contributed by atoms with van der Waals surface area (Å²) in [6.45, 7) is 6.42. The van der Waals surface area contributed by atoms with Crippen LogP contribution in [0.5, 0.6) is 5.75 Å². The molecule has 1 atom stereocenters. The molecule has 35 heavy (non-hydrogen) atoms. The van der Waals surface area contributed by atoms with Crippen LogP contribution < -0.4 is 10.3 Å². The van der Waals surface area contributed by atoms with E-state index in [1.165, 1.54) is 0 Å². The molecule has 8 nitrogen and oxygen atoms in total. The Balaban J connectivity index is 2.18. The number of amides is 1. The molecule has 0 aliphatic rings. The number of methoxy groups -OCH3 is 1. The fraction of sp³-hybridized carbons (Fsp3) is 0.407. The van der Waals surface area contributed by atoms with Gasteiger partial charge in [-0.1, -0.05) is 38.1 Å². The van der Waals surface area contributed by atoms with E-state index in [0.717, 1.165) is 0 Å². The summed E-state index contributed by atoms with van der Waals surface area (Å²) in [6.07, 6.45) is 1.29. The highest BCUT2D eigenvalue weighted by Gasteiger charge is 2.29. The summed E-state index contributed by atoms with van der Waals surface area (Å²) in [6, 6.07) is 14.0. The monoisotopic (exact) mass is 479 g/mol. The maximum Gasteiger partial charge on any atom is 0.306 e. The van der Waals surface area contributed by atoms with Crippen LogP contribution in [0.1, 0.15) is 58.3 Å². The van der Waals surface area contributed by atoms with E-state index in [1.807, 2.05) is 32.0 Å². The molecule has 3 aromatic rings. The Kier molecular flexibility index (Phi) is 9.00. The first kappa shape index (κ1) is 25.9. The number of esters is 1. The number of hydrogen-bond donors (Lipinski definition) is 0. The van der Waals surface area contributed by atoms with Crippen LogP contribution in [0.3, 0.4) is 0 Å². The molecule has 1 unspecified atom stereocenters. The lowest BCUT2D eigenvalue weighted by Gasteiger charge is -2.32. The normalized spacial score (nSPS) is 11.8. The van der Waals surface area contributed by atoms with Gasteiger partial charge in [-0.05, 0) is 44.0 Å². The molecule has 0 aliphatic carbocycles. The Morgan fingerprint density at radius 3 is 2.43 bits per heavy atom. The Bertz CT molecular complexity index is 1240. The highest BCUT2D eigenvalue weighted by Crippen LogP contribution is 2.30. The second kappa shape index (κ2) is 12.1. The van der Waals surface area contributed by atoms with E-state index in [-0.39, 0.29) is 30.9 Å². The molecular formula is C27H33N3O5. The summed E-state index contributed by atoms with van der Waals surface area (Å²) in [5.74, 6) is 0.401. The third-order valence-corrected chi connectivity index (χ3v) is 5.82. The van der Waals surface area contributed by atoms with Gasteiger partial charge < -0.3 is 14.4 Å². The molecule has 0 N–H and O–H groups in total. The van der Waals surface area contributed by atoms with Crippen LogP contribution in [0, 0.1) is 0 Å². The van der Waals surface area contributed by atoms with Gasteiger partial charge in [0.15, 0.2) is 0 Å². The second-order valence-electron chi connectivity index (χ2n) is 8.12. The molecule has 0 spiro atoms. The number of nitrogens with zero attached hydrogens (tertiary/aromatic N) is 3. The van der Waals surface area contributed by atoms with Crippen molar-refractivity contribution in [3.05, 3.63) is 64.7 Å². The van der Waals surface area contributed by atoms with Crippen LogP contribution >= 0.6 is 0 Å². The van der Waals surface area contributed by atoms with E-state index in [0.29, 0.717) is 47.6 Å². The van der Waals surface area contributed by atoms with Crippen molar-refractivity contribution in [2.75, 3.05) is 20.3 Å². The molecule has 2 aromatic carbocycles. The number of hydrogen-bond acceptors (Lipinski definition) is 6. The first-order valence-electron chi connectivity index (χ1n) is 12.1. The van der Waals surface area contributed by atoms with Crippen LogP contribution in [0.4, 0.5) is 0 Å². The van der Waals surface area contributed by atoms with Crippen molar-refractivity contribution >= 4 is 22.8 Å². The van der Waals surface area contributed by atoms with Crippen LogP contribution in [0.15, 0.2) is 53.3 Å². The molecule has 1 heterocycles. The summed E-state index contributed by atoms with van der Waals surface area (Å²) in [7, 11) is 1.55. The number of aromatic nitrogens is 2. The smallest absolute Gasteiger partial charge is 0.306 e. The summed E-state index contributed by atoms with van der Waals surface area (Å²) in [5.41, 5.74) is 0.888. The first-order valence-corrected chi connectivity index (χ1v) is 12.1. The van der Waals surface area contributed by atoms with Gasteiger partial charge in [0.1, 0.15) is 11.6 Å². The summed E-state index contributed by atoms with van der Waals surface area (Å²) >= 11 is 0. The van der Waals surface area contributed by atoms with E-state index in [1.54, 1.807) is 53.8 Å². The van der Waals surface area contributed by atoms with Gasteiger partial charge in [-0.2, -0.15) is 0 Å². The van der Waals surface area contributed by atoms with Gasteiger partial charge in [0, 0.05) is 13.0 Å². The summed E-state index contributed by atoms with van der Waals surface area (Å²) in [4.78, 5) is 45.6. The number of rotatable bonds is 11. The third kappa shape index (κ3) is 5.70. The minimum absolute atomic E-state index is 0.00772. The molecule has 8 heteroatoms. The number of para-hydroxylation sites is 3. The molecule has 1 aromatic heterocycles. The SMILES string of the molecule is CCCN(C(=O)CCC(=O)OCC)C(CC)c1nc2ccccc2c(=O)n1-c1ccccc1OC. The van der Waals surface area contributed by atoms with Crippen LogP contribution in [-0.2, 0) is 14.3 Å². The number of ether oxygens (including phenoxy) is 2. The van der Waals surface area contributed by atoms with Crippen molar-refractivity contribution in [3.63, 3.8) is 0 Å². The lowest BCUT2D eigenvalue weighted by atomic mass is 10.1. The minimum atomic E-state index is -0.480. The van der Waals surface area contributed by atoms with E-state index >= 15 is 0 Å². The van der Waals surface area contributed by atoms with E-state index in [2.05, 4.69) is 0 Å². The maximum atomic E-state index is 13.8. The third-order valence-electron chi connectivity index (χ3n) is 5.82. The zero-order valence-electron chi connectivity index (χ0n) is 20.8. The van der Waals surface area contributed by atoms with Crippen LogP contribution in [0.25, 0.3) is 16.6 Å². The Morgan fingerprint density at radius 2 is 1.74 bits per heavy atom. The average molecular weight is 480 g/mol. The maximum absolute atomic E-state index is 13.8. The molecule has 3 rings (SSSR count).